The van der Waals surface area contributed by atoms with Crippen LogP contribution in [0.4, 0.5) is 5.69 Å². The number of para-hydroxylation sites is 1. The Kier molecular flexibility index (Phi) is 7.22. The normalized spacial score (nSPS) is 34.3. The van der Waals surface area contributed by atoms with Crippen molar-refractivity contribution in [2.45, 2.75) is 77.2 Å². The van der Waals surface area contributed by atoms with Crippen molar-refractivity contribution in [1.82, 2.24) is 4.90 Å². The summed E-state index contributed by atoms with van der Waals surface area (Å²) in [5.74, 6) is -3.15. The van der Waals surface area contributed by atoms with Crippen LogP contribution in [-0.2, 0) is 23.9 Å². The minimum absolute atomic E-state index is 0.134. The van der Waals surface area contributed by atoms with Gasteiger partial charge in [0, 0.05) is 12.2 Å². The van der Waals surface area contributed by atoms with Crippen LogP contribution in [0.2, 0.25) is 0 Å². The standard InChI is InChI=1S/C31H40N2O6/c1-19(2)22(18-34)33-26-28(36)32(25-20(3)12-10-13-21(25)4)16-11-15-31(26)23(27(33)35)24-29(37)38-17-9-7-6-8-14-30(24,5)39-31/h8,10-15,19,22-24,26,34H,6-7,9,16-18H2,1-5H3/b14-8-/t22-,23-,24-,26?,30+,31-/m0/s1. The molecular formula is C31H40N2O6. The Morgan fingerprint density at radius 2 is 1.74 bits per heavy atom. The van der Waals surface area contributed by atoms with E-state index in [1.807, 2.05) is 77.1 Å². The van der Waals surface area contributed by atoms with Crippen molar-refractivity contribution >= 4 is 23.5 Å². The second-order valence-corrected chi connectivity index (χ2v) is 11.9. The van der Waals surface area contributed by atoms with Gasteiger partial charge in [-0.25, -0.2) is 0 Å². The van der Waals surface area contributed by atoms with E-state index < -0.39 is 41.1 Å². The molecule has 0 saturated carbocycles. The van der Waals surface area contributed by atoms with E-state index in [2.05, 4.69) is 0 Å². The molecule has 4 aliphatic heterocycles. The van der Waals surface area contributed by atoms with Crippen molar-refractivity contribution in [2.24, 2.45) is 17.8 Å². The van der Waals surface area contributed by atoms with Gasteiger partial charge >= 0.3 is 5.97 Å². The van der Waals surface area contributed by atoms with Crippen LogP contribution in [0.1, 0.15) is 51.2 Å². The SMILES string of the molecule is Cc1cccc(C)c1N1CC=C[C@]23O[C@]4(C)/C=C\CCCCOC(=O)[C@@H]4[C@H]2C(=O)N([C@@H](CO)C(C)C)C3C1=O. The monoisotopic (exact) mass is 536 g/mol. The lowest BCUT2D eigenvalue weighted by Crippen LogP contribution is -2.60. The number of carbonyl (C=O) groups is 3. The zero-order valence-corrected chi connectivity index (χ0v) is 23.6. The van der Waals surface area contributed by atoms with E-state index in [1.54, 1.807) is 4.90 Å². The van der Waals surface area contributed by atoms with Gasteiger partial charge in [0.05, 0.1) is 30.8 Å². The van der Waals surface area contributed by atoms with Crippen LogP contribution in [0.5, 0.6) is 0 Å². The first kappa shape index (κ1) is 27.6. The van der Waals surface area contributed by atoms with Crippen molar-refractivity contribution in [2.75, 3.05) is 24.7 Å². The molecule has 210 valence electrons. The van der Waals surface area contributed by atoms with Crippen LogP contribution in [0.15, 0.2) is 42.5 Å². The van der Waals surface area contributed by atoms with Crippen LogP contribution < -0.4 is 4.90 Å². The average molecular weight is 537 g/mol. The molecule has 1 aromatic carbocycles. The number of amides is 2. The highest BCUT2D eigenvalue weighted by Gasteiger charge is 2.75. The molecule has 2 fully saturated rings. The Labute approximate surface area is 230 Å². The number of carbonyl (C=O) groups excluding carboxylic acids is 3. The van der Waals surface area contributed by atoms with Gasteiger partial charge in [-0.3, -0.25) is 14.4 Å². The molecule has 1 spiro atoms. The number of aryl methyl sites for hydroxylation is 2. The van der Waals surface area contributed by atoms with E-state index in [0.29, 0.717) is 6.54 Å². The molecular weight excluding hydrogens is 496 g/mol. The van der Waals surface area contributed by atoms with Crippen molar-refractivity contribution in [3.63, 3.8) is 0 Å². The van der Waals surface area contributed by atoms with E-state index >= 15 is 0 Å². The molecule has 8 heteroatoms. The third-order valence-electron chi connectivity index (χ3n) is 8.96. The predicted octanol–water partition coefficient (Wildman–Crippen LogP) is 3.48. The number of benzene rings is 1. The van der Waals surface area contributed by atoms with Gasteiger partial charge in [-0.2, -0.15) is 0 Å². The molecule has 1 aromatic rings. The first-order valence-electron chi connectivity index (χ1n) is 14.1. The summed E-state index contributed by atoms with van der Waals surface area (Å²) >= 11 is 0. The van der Waals surface area contributed by atoms with Gasteiger partial charge in [-0.05, 0) is 57.1 Å². The summed E-state index contributed by atoms with van der Waals surface area (Å²) in [6, 6.07) is 4.21. The van der Waals surface area contributed by atoms with Gasteiger partial charge in [0.2, 0.25) is 5.91 Å². The van der Waals surface area contributed by atoms with Crippen molar-refractivity contribution in [3.8, 4) is 0 Å². The second kappa shape index (κ2) is 10.2. The Morgan fingerprint density at radius 3 is 2.41 bits per heavy atom. The molecule has 0 aromatic heterocycles. The fourth-order valence-electron chi connectivity index (χ4n) is 7.15. The molecule has 2 amide bonds. The number of aliphatic hydroxyl groups is 1. The third kappa shape index (κ3) is 4.23. The maximum Gasteiger partial charge on any atom is 0.313 e. The molecule has 1 N–H and O–H groups in total. The molecule has 0 radical (unpaired) electrons. The molecule has 1 unspecified atom stereocenters. The maximum absolute atomic E-state index is 14.7. The number of cyclic esters (lactones) is 1. The molecule has 4 heterocycles. The molecule has 39 heavy (non-hydrogen) atoms. The first-order chi connectivity index (χ1) is 18.6. The topological polar surface area (TPSA) is 96.4 Å². The number of allylic oxidation sites excluding steroid dienone is 1. The Balaban J connectivity index is 1.71. The largest absolute Gasteiger partial charge is 0.465 e. The molecule has 8 nitrogen and oxygen atoms in total. The zero-order chi connectivity index (χ0) is 28.1. The Hall–Kier alpha value is -2.97. The molecule has 4 aliphatic rings. The van der Waals surface area contributed by atoms with Gasteiger partial charge in [0.25, 0.3) is 5.91 Å². The molecule has 0 aliphatic carbocycles. The number of ether oxygens (including phenoxy) is 2. The van der Waals surface area contributed by atoms with Gasteiger partial charge < -0.3 is 24.4 Å². The lowest BCUT2D eigenvalue weighted by molar-refractivity contribution is -0.160. The number of nitrogens with zero attached hydrogens (tertiary/aromatic N) is 2. The van der Waals surface area contributed by atoms with Gasteiger partial charge in [0.1, 0.15) is 17.6 Å². The van der Waals surface area contributed by atoms with Crippen LogP contribution in [0, 0.1) is 31.6 Å². The van der Waals surface area contributed by atoms with Crippen LogP contribution in [0.3, 0.4) is 0 Å². The highest BCUT2D eigenvalue weighted by molar-refractivity contribution is 6.06. The zero-order valence-electron chi connectivity index (χ0n) is 23.6. The lowest BCUT2D eigenvalue weighted by atomic mass is 9.74. The van der Waals surface area contributed by atoms with Crippen LogP contribution >= 0.6 is 0 Å². The summed E-state index contributed by atoms with van der Waals surface area (Å²) in [5.41, 5.74) is 0.167. The van der Waals surface area contributed by atoms with Crippen LogP contribution in [-0.4, -0.2) is 70.8 Å². The van der Waals surface area contributed by atoms with Gasteiger partial charge in [-0.15, -0.1) is 0 Å². The minimum atomic E-state index is -1.39. The summed E-state index contributed by atoms with van der Waals surface area (Å²) in [6.45, 7) is 9.85. The molecule has 5 rings (SSSR count). The average Bonchev–Trinajstić information content (AvgIpc) is 3.20. The minimum Gasteiger partial charge on any atom is -0.465 e. The van der Waals surface area contributed by atoms with Gasteiger partial charge in [-0.1, -0.05) is 56.4 Å². The molecule has 0 bridgehead atoms. The fourth-order valence-corrected chi connectivity index (χ4v) is 7.15. The summed E-state index contributed by atoms with van der Waals surface area (Å²) in [6.07, 6.45) is 10.0. The lowest BCUT2D eigenvalue weighted by Gasteiger charge is -2.41. The number of rotatable bonds is 4. The smallest absolute Gasteiger partial charge is 0.313 e. The van der Waals surface area contributed by atoms with E-state index in [-0.39, 0.29) is 30.9 Å². The van der Waals surface area contributed by atoms with Crippen molar-refractivity contribution < 1.29 is 29.0 Å². The highest BCUT2D eigenvalue weighted by atomic mass is 16.6. The number of esters is 1. The van der Waals surface area contributed by atoms with Crippen molar-refractivity contribution in [3.05, 3.63) is 53.6 Å². The quantitative estimate of drug-likeness (QED) is 0.468. The maximum atomic E-state index is 14.7. The molecule has 6 atom stereocenters. The fraction of sp³-hybridized carbons (Fsp3) is 0.581. The Bertz CT molecular complexity index is 1200. The predicted molar refractivity (Wildman–Crippen MR) is 147 cm³/mol. The number of likely N-dealkylation sites (tertiary alicyclic amines) is 1. The van der Waals surface area contributed by atoms with Crippen LogP contribution in [0.25, 0.3) is 0 Å². The first-order valence-corrected chi connectivity index (χ1v) is 14.1. The summed E-state index contributed by atoms with van der Waals surface area (Å²) in [4.78, 5) is 46.0. The highest BCUT2D eigenvalue weighted by Crippen LogP contribution is 2.58. The third-order valence-corrected chi connectivity index (χ3v) is 8.96. The second-order valence-electron chi connectivity index (χ2n) is 11.9. The molecule has 2 saturated heterocycles. The number of aliphatic hydroxyl groups excluding tert-OH is 1. The van der Waals surface area contributed by atoms with E-state index in [4.69, 9.17) is 9.47 Å². The van der Waals surface area contributed by atoms with E-state index in [9.17, 15) is 19.5 Å². The number of fused-ring (bicyclic) bond motifs is 2. The summed E-state index contributed by atoms with van der Waals surface area (Å²) in [5, 5.41) is 10.5. The number of anilines is 1. The summed E-state index contributed by atoms with van der Waals surface area (Å²) in [7, 11) is 0. The van der Waals surface area contributed by atoms with Crippen molar-refractivity contribution in [1.29, 1.82) is 0 Å². The van der Waals surface area contributed by atoms with E-state index in [1.165, 1.54) is 4.90 Å². The Morgan fingerprint density at radius 1 is 1.03 bits per heavy atom. The summed E-state index contributed by atoms with van der Waals surface area (Å²) < 4.78 is 12.6. The van der Waals surface area contributed by atoms with E-state index in [0.717, 1.165) is 36.1 Å². The van der Waals surface area contributed by atoms with Gasteiger partial charge in [0.15, 0.2) is 0 Å². The number of hydrogen-bond acceptors (Lipinski definition) is 6. The number of hydrogen-bond donors (Lipinski definition) is 1.